The smallest absolute Gasteiger partial charge is 0.306 e. The minimum atomic E-state index is 0.0227. The van der Waals surface area contributed by atoms with Crippen LogP contribution in [0.4, 0.5) is 5.13 Å². The Labute approximate surface area is 203 Å². The molecular weight excluding hydrogens is 428 g/mol. The van der Waals surface area contributed by atoms with Gasteiger partial charge in [0, 0.05) is 18.4 Å². The molecule has 0 amide bonds. The van der Waals surface area contributed by atoms with Crippen LogP contribution in [0.15, 0.2) is 18.7 Å². The number of aryl methyl sites for hydroxylation is 1. The van der Waals surface area contributed by atoms with Crippen molar-refractivity contribution in [1.82, 2.24) is 4.98 Å². The molecule has 0 saturated heterocycles. The second kappa shape index (κ2) is 8.87. The number of ether oxygens (including phenoxy) is 1. The average molecular weight is 469 g/mol. The van der Waals surface area contributed by atoms with Crippen LogP contribution in [-0.4, -0.2) is 23.6 Å². The van der Waals surface area contributed by atoms with Crippen molar-refractivity contribution in [1.29, 1.82) is 0 Å². The van der Waals surface area contributed by atoms with E-state index in [4.69, 9.17) is 9.72 Å². The third-order valence-corrected chi connectivity index (χ3v) is 10.7. The Morgan fingerprint density at radius 2 is 2.15 bits per heavy atom. The van der Waals surface area contributed by atoms with E-state index >= 15 is 0 Å². The number of allylic oxidation sites excluding steroid dienone is 2. The summed E-state index contributed by atoms with van der Waals surface area (Å²) in [5.74, 6) is 2.13. The van der Waals surface area contributed by atoms with E-state index in [1.807, 2.05) is 17.4 Å². The number of esters is 1. The van der Waals surface area contributed by atoms with E-state index in [0.29, 0.717) is 18.3 Å². The SMILES string of the molecule is C=CCNc1nc2c(s1)C1=CC[C@H]3[C@@H]4CC[C@H](OC(=O)CCCC)[C@@]4(C)CC[C@@H]3[C@@]1(C)CC2. The zero-order valence-electron chi connectivity index (χ0n) is 20.6. The lowest BCUT2D eigenvalue weighted by Crippen LogP contribution is -2.50. The molecule has 0 aliphatic heterocycles. The average Bonchev–Trinajstić information content (AvgIpc) is 3.36. The molecule has 0 unspecified atom stereocenters. The van der Waals surface area contributed by atoms with Crippen molar-refractivity contribution in [2.24, 2.45) is 28.6 Å². The summed E-state index contributed by atoms with van der Waals surface area (Å²) in [6.07, 6.45) is 15.3. The first-order chi connectivity index (χ1) is 15.9. The summed E-state index contributed by atoms with van der Waals surface area (Å²) in [6, 6.07) is 0. The lowest BCUT2D eigenvalue weighted by Gasteiger charge is -2.56. The topological polar surface area (TPSA) is 51.2 Å². The lowest BCUT2D eigenvalue weighted by atomic mass is 9.48. The van der Waals surface area contributed by atoms with Crippen molar-refractivity contribution in [3.05, 3.63) is 29.3 Å². The van der Waals surface area contributed by atoms with Gasteiger partial charge in [0.1, 0.15) is 6.10 Å². The minimum Gasteiger partial charge on any atom is -0.462 e. The maximum Gasteiger partial charge on any atom is 0.306 e. The van der Waals surface area contributed by atoms with E-state index in [0.717, 1.165) is 43.3 Å². The van der Waals surface area contributed by atoms with Crippen molar-refractivity contribution in [3.8, 4) is 0 Å². The number of unbranched alkanes of at least 4 members (excludes halogenated alkanes) is 1. The van der Waals surface area contributed by atoms with Gasteiger partial charge in [-0.25, -0.2) is 4.98 Å². The Bertz CT molecular complexity index is 952. The number of nitrogens with zero attached hydrogens (tertiary/aromatic N) is 1. The fraction of sp³-hybridized carbons (Fsp3) is 0.714. The molecule has 4 aliphatic carbocycles. The Hall–Kier alpha value is -1.62. The molecule has 1 aromatic heterocycles. The molecule has 1 heterocycles. The molecule has 0 aromatic carbocycles. The number of nitrogens with one attached hydrogen (secondary N) is 1. The van der Waals surface area contributed by atoms with Crippen molar-refractivity contribution in [2.75, 3.05) is 11.9 Å². The monoisotopic (exact) mass is 468 g/mol. The second-order valence-electron chi connectivity index (χ2n) is 11.3. The van der Waals surface area contributed by atoms with Gasteiger partial charge in [-0.05, 0) is 80.1 Å². The van der Waals surface area contributed by atoms with Crippen LogP contribution in [-0.2, 0) is 16.0 Å². The highest BCUT2D eigenvalue weighted by Gasteiger charge is 2.60. The third-order valence-electron chi connectivity index (χ3n) is 9.61. The van der Waals surface area contributed by atoms with Gasteiger partial charge in [-0.2, -0.15) is 0 Å². The molecule has 4 nitrogen and oxygen atoms in total. The Kier molecular flexibility index (Phi) is 6.22. The number of hydrogen-bond acceptors (Lipinski definition) is 5. The summed E-state index contributed by atoms with van der Waals surface area (Å²) in [6.45, 7) is 11.7. The third kappa shape index (κ3) is 3.79. The van der Waals surface area contributed by atoms with Crippen LogP contribution in [0.5, 0.6) is 0 Å². The Morgan fingerprint density at radius 3 is 2.94 bits per heavy atom. The van der Waals surface area contributed by atoms with Gasteiger partial charge in [0.25, 0.3) is 0 Å². The van der Waals surface area contributed by atoms with Crippen LogP contribution in [0, 0.1) is 28.6 Å². The second-order valence-corrected chi connectivity index (χ2v) is 12.3. The van der Waals surface area contributed by atoms with E-state index in [1.165, 1.54) is 42.7 Å². The van der Waals surface area contributed by atoms with Gasteiger partial charge in [0.15, 0.2) is 5.13 Å². The summed E-state index contributed by atoms with van der Waals surface area (Å²) < 4.78 is 6.10. The number of rotatable bonds is 7. The number of fused-ring (bicyclic) bond motifs is 7. The van der Waals surface area contributed by atoms with Gasteiger partial charge >= 0.3 is 5.97 Å². The standard InChI is InChI=1S/C28H40N2O2S/c1-5-7-8-24(31)32-23-12-11-19-18-9-10-21-25-22(30-26(33-25)29-17-6-2)14-16-27(21,3)20(18)13-15-28(19,23)4/h6,10,18-20,23H,2,5,7-9,11-17H2,1,3-4H3,(H,29,30)/t18-,19-,20-,23-,27+,28-/m0/s1. The fourth-order valence-corrected chi connectivity index (χ4v) is 8.99. The zero-order chi connectivity index (χ0) is 23.2. The predicted molar refractivity (Wildman–Crippen MR) is 136 cm³/mol. The molecule has 5 heteroatoms. The summed E-state index contributed by atoms with van der Waals surface area (Å²) in [5, 5.41) is 4.44. The number of aromatic nitrogens is 1. The first kappa shape index (κ1) is 23.1. The molecule has 1 N–H and O–H groups in total. The predicted octanol–water partition coefficient (Wildman–Crippen LogP) is 7.03. The van der Waals surface area contributed by atoms with Gasteiger partial charge < -0.3 is 10.1 Å². The normalized spacial score (nSPS) is 36.6. The van der Waals surface area contributed by atoms with E-state index in [1.54, 1.807) is 5.57 Å². The first-order valence-electron chi connectivity index (χ1n) is 13.2. The number of carbonyl (C=O) groups is 1. The highest BCUT2D eigenvalue weighted by atomic mass is 32.1. The number of thiazole rings is 1. The maximum atomic E-state index is 12.4. The molecule has 2 fully saturated rings. The van der Waals surface area contributed by atoms with Gasteiger partial charge in [0.2, 0.25) is 0 Å². The molecular formula is C28H40N2O2S. The van der Waals surface area contributed by atoms with Gasteiger partial charge in [-0.15, -0.1) is 6.58 Å². The Morgan fingerprint density at radius 1 is 1.30 bits per heavy atom. The van der Waals surface area contributed by atoms with E-state index in [2.05, 4.69) is 38.7 Å². The lowest BCUT2D eigenvalue weighted by molar-refractivity contribution is -0.159. The van der Waals surface area contributed by atoms with Crippen molar-refractivity contribution in [3.63, 3.8) is 0 Å². The largest absolute Gasteiger partial charge is 0.462 e. The van der Waals surface area contributed by atoms with Crippen molar-refractivity contribution >= 4 is 28.0 Å². The molecule has 180 valence electrons. The molecule has 33 heavy (non-hydrogen) atoms. The highest BCUT2D eigenvalue weighted by Crippen LogP contribution is 2.66. The molecule has 0 radical (unpaired) electrons. The van der Waals surface area contributed by atoms with Crippen LogP contribution >= 0.6 is 11.3 Å². The summed E-state index contributed by atoms with van der Waals surface area (Å²) >= 11 is 1.84. The van der Waals surface area contributed by atoms with E-state index in [-0.39, 0.29) is 22.9 Å². The van der Waals surface area contributed by atoms with E-state index < -0.39 is 0 Å². The first-order valence-corrected chi connectivity index (χ1v) is 14.0. The minimum absolute atomic E-state index is 0.0227. The van der Waals surface area contributed by atoms with Crippen molar-refractivity contribution < 1.29 is 9.53 Å². The maximum absolute atomic E-state index is 12.4. The number of anilines is 1. The van der Waals surface area contributed by atoms with Crippen LogP contribution in [0.1, 0.15) is 89.1 Å². The van der Waals surface area contributed by atoms with Gasteiger partial charge in [0.05, 0.1) is 10.6 Å². The van der Waals surface area contributed by atoms with Crippen LogP contribution < -0.4 is 5.32 Å². The molecule has 5 rings (SSSR count). The summed E-state index contributed by atoms with van der Waals surface area (Å²) in [7, 11) is 0. The van der Waals surface area contributed by atoms with Gasteiger partial charge in [-0.3, -0.25) is 4.79 Å². The highest BCUT2D eigenvalue weighted by molar-refractivity contribution is 7.16. The van der Waals surface area contributed by atoms with Crippen LogP contribution in [0.3, 0.4) is 0 Å². The quantitative estimate of drug-likeness (QED) is 0.345. The van der Waals surface area contributed by atoms with Crippen molar-refractivity contribution in [2.45, 2.75) is 91.1 Å². The molecule has 1 aromatic rings. The zero-order valence-corrected chi connectivity index (χ0v) is 21.4. The van der Waals surface area contributed by atoms with Gasteiger partial charge in [-0.1, -0.05) is 50.7 Å². The Balaban J connectivity index is 1.37. The molecule has 0 spiro atoms. The summed E-state index contributed by atoms with van der Waals surface area (Å²) in [4.78, 5) is 18.8. The molecule has 2 saturated carbocycles. The summed E-state index contributed by atoms with van der Waals surface area (Å²) in [5.41, 5.74) is 3.25. The van der Waals surface area contributed by atoms with Crippen LogP contribution in [0.2, 0.25) is 0 Å². The fourth-order valence-electron chi connectivity index (χ4n) is 7.80. The number of carbonyl (C=O) groups excluding carboxylic acids is 1. The molecule has 4 aliphatic rings. The van der Waals surface area contributed by atoms with E-state index in [9.17, 15) is 4.79 Å². The molecule has 6 atom stereocenters. The molecule has 0 bridgehead atoms. The number of hydrogen-bond donors (Lipinski definition) is 1. The van der Waals surface area contributed by atoms with Crippen LogP contribution in [0.25, 0.3) is 5.57 Å².